The molecule has 2 N–H and O–H groups in total. The summed E-state index contributed by atoms with van der Waals surface area (Å²) >= 11 is 0. The SMILES string of the molecule is N#Cc1ccc(N2CCN(CC(F)(F)F)CC2)c(N)c1. The van der Waals surface area contributed by atoms with Crippen LogP contribution >= 0.6 is 0 Å². The summed E-state index contributed by atoms with van der Waals surface area (Å²) < 4.78 is 36.9. The van der Waals surface area contributed by atoms with Gasteiger partial charge in [0.15, 0.2) is 0 Å². The summed E-state index contributed by atoms with van der Waals surface area (Å²) in [5.74, 6) is 0. The molecule has 1 aliphatic rings. The average Bonchev–Trinajstić information content (AvgIpc) is 2.38. The number of piperazine rings is 1. The van der Waals surface area contributed by atoms with E-state index in [0.29, 0.717) is 37.4 Å². The van der Waals surface area contributed by atoms with E-state index < -0.39 is 12.7 Å². The fourth-order valence-electron chi connectivity index (χ4n) is 2.31. The second-order valence-corrected chi connectivity index (χ2v) is 4.76. The number of anilines is 2. The number of hydrogen-bond donors (Lipinski definition) is 1. The third kappa shape index (κ3) is 3.54. The van der Waals surface area contributed by atoms with Crippen LogP contribution in [0, 0.1) is 11.3 Å². The van der Waals surface area contributed by atoms with Gasteiger partial charge >= 0.3 is 6.18 Å². The Hall–Kier alpha value is -1.94. The summed E-state index contributed by atoms with van der Waals surface area (Å²) in [6, 6.07) is 6.98. The Morgan fingerprint density at radius 3 is 2.35 bits per heavy atom. The summed E-state index contributed by atoms with van der Waals surface area (Å²) in [4.78, 5) is 3.33. The molecular formula is C13H15F3N4. The van der Waals surface area contributed by atoms with Gasteiger partial charge in [-0.3, -0.25) is 4.90 Å². The van der Waals surface area contributed by atoms with Crippen LogP contribution in [0.2, 0.25) is 0 Å². The zero-order valence-corrected chi connectivity index (χ0v) is 10.8. The molecule has 0 bridgehead atoms. The Bertz CT molecular complexity index is 513. The number of nitrogens with zero attached hydrogens (tertiary/aromatic N) is 3. The first-order chi connectivity index (χ1) is 9.39. The van der Waals surface area contributed by atoms with Crippen LogP contribution in [0.15, 0.2) is 18.2 Å². The van der Waals surface area contributed by atoms with E-state index in [1.807, 2.05) is 11.0 Å². The van der Waals surface area contributed by atoms with Gasteiger partial charge in [-0.05, 0) is 18.2 Å². The summed E-state index contributed by atoms with van der Waals surface area (Å²) in [7, 11) is 0. The van der Waals surface area contributed by atoms with E-state index >= 15 is 0 Å². The molecule has 1 aliphatic heterocycles. The minimum absolute atomic E-state index is 0.346. The smallest absolute Gasteiger partial charge is 0.397 e. The van der Waals surface area contributed by atoms with Gasteiger partial charge < -0.3 is 10.6 Å². The number of nitriles is 1. The number of hydrogen-bond acceptors (Lipinski definition) is 4. The Morgan fingerprint density at radius 2 is 1.85 bits per heavy atom. The van der Waals surface area contributed by atoms with Crippen LogP contribution in [0.1, 0.15) is 5.56 Å². The van der Waals surface area contributed by atoms with Crippen molar-refractivity contribution in [1.29, 1.82) is 5.26 Å². The fourth-order valence-corrected chi connectivity index (χ4v) is 2.31. The quantitative estimate of drug-likeness (QED) is 0.842. The zero-order chi connectivity index (χ0) is 14.8. The van der Waals surface area contributed by atoms with E-state index in [-0.39, 0.29) is 0 Å². The van der Waals surface area contributed by atoms with Crippen LogP contribution in [-0.2, 0) is 0 Å². The Balaban J connectivity index is 1.99. The molecule has 20 heavy (non-hydrogen) atoms. The van der Waals surface area contributed by atoms with Crippen LogP contribution in [0.25, 0.3) is 0 Å². The van der Waals surface area contributed by atoms with Crippen molar-refractivity contribution in [2.75, 3.05) is 43.4 Å². The summed E-state index contributed by atoms with van der Waals surface area (Å²) in [5.41, 5.74) is 7.61. The van der Waals surface area contributed by atoms with Gasteiger partial charge in [0.05, 0.1) is 29.6 Å². The normalized spacial score (nSPS) is 17.0. The van der Waals surface area contributed by atoms with Gasteiger partial charge in [-0.1, -0.05) is 0 Å². The van der Waals surface area contributed by atoms with Gasteiger partial charge in [0.25, 0.3) is 0 Å². The van der Waals surface area contributed by atoms with E-state index in [2.05, 4.69) is 0 Å². The molecule has 0 aliphatic carbocycles. The highest BCUT2D eigenvalue weighted by Crippen LogP contribution is 2.26. The molecule has 7 heteroatoms. The van der Waals surface area contributed by atoms with Crippen molar-refractivity contribution in [3.8, 4) is 6.07 Å². The highest BCUT2D eigenvalue weighted by atomic mass is 19.4. The molecule has 0 saturated carbocycles. The molecule has 0 spiro atoms. The van der Waals surface area contributed by atoms with E-state index in [1.165, 1.54) is 4.90 Å². The maximum atomic E-state index is 12.3. The van der Waals surface area contributed by atoms with Crippen LogP contribution in [0.3, 0.4) is 0 Å². The number of nitrogen functional groups attached to an aromatic ring is 1. The van der Waals surface area contributed by atoms with Crippen molar-refractivity contribution in [2.45, 2.75) is 6.18 Å². The predicted octanol–water partition coefficient (Wildman–Crippen LogP) is 1.82. The van der Waals surface area contributed by atoms with Gasteiger partial charge in [-0.15, -0.1) is 0 Å². The third-order valence-electron chi connectivity index (χ3n) is 3.27. The molecule has 1 fully saturated rings. The lowest BCUT2D eigenvalue weighted by Gasteiger charge is -2.36. The molecule has 0 atom stereocenters. The van der Waals surface area contributed by atoms with Gasteiger partial charge in [0.2, 0.25) is 0 Å². The van der Waals surface area contributed by atoms with E-state index in [9.17, 15) is 13.2 Å². The van der Waals surface area contributed by atoms with Gasteiger partial charge in [0.1, 0.15) is 0 Å². The Morgan fingerprint density at radius 1 is 1.20 bits per heavy atom. The van der Waals surface area contributed by atoms with Crippen LogP contribution < -0.4 is 10.6 Å². The molecule has 2 rings (SSSR count). The lowest BCUT2D eigenvalue weighted by Crippen LogP contribution is -2.49. The molecular weight excluding hydrogens is 269 g/mol. The molecule has 1 aromatic rings. The molecule has 0 amide bonds. The fraction of sp³-hybridized carbons (Fsp3) is 0.462. The van der Waals surface area contributed by atoms with Crippen molar-refractivity contribution >= 4 is 11.4 Å². The predicted molar refractivity (Wildman–Crippen MR) is 70.3 cm³/mol. The lowest BCUT2D eigenvalue weighted by molar-refractivity contribution is -0.146. The monoisotopic (exact) mass is 284 g/mol. The molecule has 0 aromatic heterocycles. The Kier molecular flexibility index (Phi) is 4.04. The first kappa shape index (κ1) is 14.5. The molecule has 0 radical (unpaired) electrons. The second-order valence-electron chi connectivity index (χ2n) is 4.76. The minimum Gasteiger partial charge on any atom is -0.397 e. The number of halogens is 3. The van der Waals surface area contributed by atoms with E-state index in [4.69, 9.17) is 11.0 Å². The van der Waals surface area contributed by atoms with Crippen molar-refractivity contribution in [3.05, 3.63) is 23.8 Å². The topological polar surface area (TPSA) is 56.3 Å². The average molecular weight is 284 g/mol. The zero-order valence-electron chi connectivity index (χ0n) is 10.8. The van der Waals surface area contributed by atoms with Crippen molar-refractivity contribution in [2.24, 2.45) is 0 Å². The van der Waals surface area contributed by atoms with Crippen molar-refractivity contribution < 1.29 is 13.2 Å². The first-order valence-corrected chi connectivity index (χ1v) is 6.23. The summed E-state index contributed by atoms with van der Waals surface area (Å²) in [6.45, 7) is 0.806. The van der Waals surface area contributed by atoms with Crippen LogP contribution in [0.5, 0.6) is 0 Å². The van der Waals surface area contributed by atoms with Gasteiger partial charge in [0, 0.05) is 26.2 Å². The van der Waals surface area contributed by atoms with Gasteiger partial charge in [-0.25, -0.2) is 0 Å². The van der Waals surface area contributed by atoms with Crippen molar-refractivity contribution in [1.82, 2.24) is 4.90 Å². The highest BCUT2D eigenvalue weighted by Gasteiger charge is 2.32. The number of rotatable bonds is 2. The number of nitrogens with two attached hydrogens (primary N) is 1. The standard InChI is InChI=1S/C13H15F3N4/c14-13(15,16)9-19-3-5-20(6-4-19)12-2-1-10(8-17)7-11(12)18/h1-2,7H,3-6,9,18H2. The summed E-state index contributed by atoms with van der Waals surface area (Å²) in [6.07, 6.45) is -4.16. The maximum absolute atomic E-state index is 12.3. The number of alkyl halides is 3. The molecule has 1 heterocycles. The van der Waals surface area contributed by atoms with E-state index in [1.54, 1.807) is 18.2 Å². The Labute approximate surface area is 115 Å². The first-order valence-electron chi connectivity index (χ1n) is 6.23. The third-order valence-corrected chi connectivity index (χ3v) is 3.27. The highest BCUT2D eigenvalue weighted by molar-refractivity contribution is 5.69. The molecule has 4 nitrogen and oxygen atoms in total. The van der Waals surface area contributed by atoms with Crippen LogP contribution in [0.4, 0.5) is 24.5 Å². The largest absolute Gasteiger partial charge is 0.401 e. The van der Waals surface area contributed by atoms with E-state index in [0.717, 1.165) is 5.69 Å². The minimum atomic E-state index is -4.16. The van der Waals surface area contributed by atoms with Crippen molar-refractivity contribution in [3.63, 3.8) is 0 Å². The maximum Gasteiger partial charge on any atom is 0.401 e. The molecule has 108 valence electrons. The molecule has 1 aromatic carbocycles. The lowest BCUT2D eigenvalue weighted by atomic mass is 10.1. The number of benzene rings is 1. The molecule has 0 unspecified atom stereocenters. The summed E-state index contributed by atoms with van der Waals surface area (Å²) in [5, 5.41) is 8.77. The second kappa shape index (κ2) is 5.59. The van der Waals surface area contributed by atoms with Gasteiger partial charge in [-0.2, -0.15) is 18.4 Å². The molecule has 1 saturated heterocycles. The van der Waals surface area contributed by atoms with Crippen LogP contribution in [-0.4, -0.2) is 43.8 Å².